The maximum Gasteiger partial charge on any atom is 0.124 e. The summed E-state index contributed by atoms with van der Waals surface area (Å²) in [7, 11) is 1.65. The number of methoxy groups -OCH3 is 1. The van der Waals surface area contributed by atoms with Crippen LogP contribution in [0.4, 0.5) is 0 Å². The van der Waals surface area contributed by atoms with Gasteiger partial charge in [-0.15, -0.1) is 0 Å². The van der Waals surface area contributed by atoms with Crippen molar-refractivity contribution < 1.29 is 9.47 Å². The van der Waals surface area contributed by atoms with Crippen molar-refractivity contribution in [1.82, 2.24) is 5.43 Å². The summed E-state index contributed by atoms with van der Waals surface area (Å²) < 4.78 is 10.8. The Morgan fingerprint density at radius 2 is 1.81 bits per heavy atom. The van der Waals surface area contributed by atoms with Gasteiger partial charge >= 0.3 is 0 Å². The Bertz CT molecular complexity index is 560. The largest absolute Gasteiger partial charge is 0.491 e. The van der Waals surface area contributed by atoms with E-state index in [0.29, 0.717) is 18.2 Å². The van der Waals surface area contributed by atoms with E-state index in [9.17, 15) is 0 Å². The number of ether oxygens (including phenoxy) is 2. The van der Waals surface area contributed by atoms with Crippen molar-refractivity contribution in [2.75, 3.05) is 20.3 Å². The maximum atomic E-state index is 5.93. The van der Waals surface area contributed by atoms with Gasteiger partial charge in [0, 0.05) is 17.7 Å². The molecule has 0 aliphatic carbocycles. The van der Waals surface area contributed by atoms with Crippen LogP contribution in [0.1, 0.15) is 17.2 Å². The van der Waals surface area contributed by atoms with Crippen LogP contribution in [0.2, 0.25) is 5.02 Å². The lowest BCUT2D eigenvalue weighted by Gasteiger charge is -2.20. The molecule has 2 rings (SSSR count). The van der Waals surface area contributed by atoms with Gasteiger partial charge in [-0.2, -0.15) is 0 Å². The molecule has 0 amide bonds. The lowest BCUT2D eigenvalue weighted by Crippen LogP contribution is -2.29. The fourth-order valence-corrected chi connectivity index (χ4v) is 2.23. The van der Waals surface area contributed by atoms with Crippen molar-refractivity contribution in [2.24, 2.45) is 5.84 Å². The first kappa shape index (κ1) is 15.8. The number of nitrogens with one attached hydrogen (secondary N) is 1. The second kappa shape index (κ2) is 8.00. The van der Waals surface area contributed by atoms with Crippen LogP contribution in [-0.2, 0) is 4.74 Å². The van der Waals surface area contributed by atoms with Gasteiger partial charge in [-0.05, 0) is 23.8 Å². The number of halogens is 1. The number of para-hydroxylation sites is 1. The minimum atomic E-state index is -0.166. The molecule has 0 aliphatic rings. The molecule has 0 saturated carbocycles. The van der Waals surface area contributed by atoms with E-state index >= 15 is 0 Å². The maximum absolute atomic E-state index is 5.93. The molecule has 0 bridgehead atoms. The third kappa shape index (κ3) is 4.19. The highest BCUT2D eigenvalue weighted by Gasteiger charge is 2.16. The average molecular weight is 307 g/mol. The van der Waals surface area contributed by atoms with Gasteiger partial charge in [0.2, 0.25) is 0 Å². The Morgan fingerprint density at radius 1 is 1.10 bits per heavy atom. The van der Waals surface area contributed by atoms with Gasteiger partial charge in [0.05, 0.1) is 12.6 Å². The molecule has 0 saturated heterocycles. The van der Waals surface area contributed by atoms with Crippen molar-refractivity contribution in [1.29, 1.82) is 0 Å². The van der Waals surface area contributed by atoms with E-state index in [1.165, 1.54) is 0 Å². The highest BCUT2D eigenvalue weighted by atomic mass is 35.5. The molecule has 5 heteroatoms. The number of nitrogens with two attached hydrogens (primary N) is 1. The molecule has 1 unspecified atom stereocenters. The Labute approximate surface area is 129 Å². The van der Waals surface area contributed by atoms with E-state index in [1.54, 1.807) is 7.11 Å². The second-order valence-electron chi connectivity index (χ2n) is 4.53. The lowest BCUT2D eigenvalue weighted by atomic mass is 9.98. The van der Waals surface area contributed by atoms with Gasteiger partial charge < -0.3 is 9.47 Å². The number of hydrazine groups is 1. The molecule has 2 aromatic carbocycles. The minimum Gasteiger partial charge on any atom is -0.491 e. The van der Waals surface area contributed by atoms with Crippen molar-refractivity contribution in [3.05, 3.63) is 64.7 Å². The molecule has 0 aliphatic heterocycles. The first-order valence-corrected chi connectivity index (χ1v) is 7.06. The number of rotatable bonds is 7. The minimum absolute atomic E-state index is 0.166. The lowest BCUT2D eigenvalue weighted by molar-refractivity contribution is 0.145. The fourth-order valence-electron chi connectivity index (χ4n) is 2.11. The molecule has 0 fully saturated rings. The second-order valence-corrected chi connectivity index (χ2v) is 4.97. The molecule has 0 radical (unpaired) electrons. The summed E-state index contributed by atoms with van der Waals surface area (Å²) in [6, 6.07) is 15.2. The Hall–Kier alpha value is -1.59. The summed E-state index contributed by atoms with van der Waals surface area (Å²) in [5.74, 6) is 6.52. The van der Waals surface area contributed by atoms with Crippen molar-refractivity contribution in [3.63, 3.8) is 0 Å². The van der Waals surface area contributed by atoms with Crippen LogP contribution in [0.25, 0.3) is 0 Å². The molecule has 21 heavy (non-hydrogen) atoms. The first-order valence-electron chi connectivity index (χ1n) is 6.68. The van der Waals surface area contributed by atoms with Crippen LogP contribution in [0.15, 0.2) is 48.5 Å². The van der Waals surface area contributed by atoms with Crippen LogP contribution in [0, 0.1) is 0 Å². The van der Waals surface area contributed by atoms with Crippen molar-refractivity contribution in [2.45, 2.75) is 6.04 Å². The molecule has 0 heterocycles. The average Bonchev–Trinajstić information content (AvgIpc) is 2.51. The van der Waals surface area contributed by atoms with E-state index in [-0.39, 0.29) is 6.04 Å². The number of benzene rings is 2. The van der Waals surface area contributed by atoms with Gasteiger partial charge in [-0.1, -0.05) is 41.9 Å². The highest BCUT2D eigenvalue weighted by molar-refractivity contribution is 6.30. The SMILES string of the molecule is COCCOc1ccccc1C(NN)c1ccc(Cl)cc1. The zero-order valence-corrected chi connectivity index (χ0v) is 12.6. The molecular weight excluding hydrogens is 288 g/mol. The molecule has 112 valence electrons. The zero-order chi connectivity index (χ0) is 15.1. The van der Waals surface area contributed by atoms with Crippen molar-refractivity contribution in [3.8, 4) is 5.75 Å². The summed E-state index contributed by atoms with van der Waals surface area (Å²) in [4.78, 5) is 0. The molecule has 1 atom stereocenters. The van der Waals surface area contributed by atoms with Gasteiger partial charge in [0.15, 0.2) is 0 Å². The Morgan fingerprint density at radius 3 is 2.48 bits per heavy atom. The molecule has 3 N–H and O–H groups in total. The van der Waals surface area contributed by atoms with Crippen LogP contribution in [0.5, 0.6) is 5.75 Å². The van der Waals surface area contributed by atoms with Crippen LogP contribution < -0.4 is 16.0 Å². The van der Waals surface area contributed by atoms with Crippen LogP contribution in [0.3, 0.4) is 0 Å². The predicted molar refractivity (Wildman–Crippen MR) is 84.4 cm³/mol. The summed E-state index contributed by atoms with van der Waals surface area (Å²) in [6.45, 7) is 1.03. The number of hydrogen-bond acceptors (Lipinski definition) is 4. The van der Waals surface area contributed by atoms with Crippen LogP contribution in [-0.4, -0.2) is 20.3 Å². The molecule has 4 nitrogen and oxygen atoms in total. The van der Waals surface area contributed by atoms with Gasteiger partial charge in [-0.25, -0.2) is 5.43 Å². The smallest absolute Gasteiger partial charge is 0.124 e. The molecule has 2 aromatic rings. The quantitative estimate of drug-likeness (QED) is 0.469. The fraction of sp³-hybridized carbons (Fsp3) is 0.250. The highest BCUT2D eigenvalue weighted by Crippen LogP contribution is 2.30. The Kier molecular flexibility index (Phi) is 6.02. The topological polar surface area (TPSA) is 56.5 Å². The zero-order valence-electron chi connectivity index (χ0n) is 11.9. The summed E-state index contributed by atoms with van der Waals surface area (Å²) >= 11 is 5.93. The molecule has 0 spiro atoms. The summed E-state index contributed by atoms with van der Waals surface area (Å²) in [5.41, 5.74) is 4.82. The third-order valence-electron chi connectivity index (χ3n) is 3.15. The standard InChI is InChI=1S/C16H19ClN2O2/c1-20-10-11-21-15-5-3-2-4-14(15)16(19-18)12-6-8-13(17)9-7-12/h2-9,16,19H,10-11,18H2,1H3. The van der Waals surface area contributed by atoms with Gasteiger partial charge in [0.25, 0.3) is 0 Å². The summed E-state index contributed by atoms with van der Waals surface area (Å²) in [6.07, 6.45) is 0. The number of hydrogen-bond donors (Lipinski definition) is 2. The van der Waals surface area contributed by atoms with E-state index < -0.39 is 0 Å². The van der Waals surface area contributed by atoms with Crippen molar-refractivity contribution >= 4 is 11.6 Å². The van der Waals surface area contributed by atoms with Crippen LogP contribution >= 0.6 is 11.6 Å². The third-order valence-corrected chi connectivity index (χ3v) is 3.40. The first-order chi connectivity index (χ1) is 10.3. The van der Waals surface area contributed by atoms with E-state index in [1.807, 2.05) is 48.5 Å². The normalized spacial score (nSPS) is 12.1. The molecule has 0 aromatic heterocycles. The van der Waals surface area contributed by atoms with Gasteiger partial charge in [-0.3, -0.25) is 5.84 Å². The van der Waals surface area contributed by atoms with E-state index in [4.69, 9.17) is 26.9 Å². The van der Waals surface area contributed by atoms with Gasteiger partial charge in [0.1, 0.15) is 12.4 Å². The molecular formula is C16H19ClN2O2. The Balaban J connectivity index is 2.27. The summed E-state index contributed by atoms with van der Waals surface area (Å²) in [5, 5.41) is 0.694. The predicted octanol–water partition coefficient (Wildman–Crippen LogP) is 2.92. The monoisotopic (exact) mass is 306 g/mol. The van der Waals surface area contributed by atoms with E-state index in [2.05, 4.69) is 5.43 Å². The van der Waals surface area contributed by atoms with E-state index in [0.717, 1.165) is 16.9 Å².